The Balaban J connectivity index is 0.622. The average molecular weight is 1370 g/mol. The van der Waals surface area contributed by atoms with Crippen LogP contribution in [0.4, 0.5) is 0 Å². The second-order valence-electron chi connectivity index (χ2n) is 30.9. The summed E-state index contributed by atoms with van der Waals surface area (Å²) in [6.45, 7) is 7.87. The van der Waals surface area contributed by atoms with Gasteiger partial charge in [0, 0.05) is 73.1 Å². The van der Waals surface area contributed by atoms with E-state index < -0.39 is 28.7 Å². The predicted octanol–water partition coefficient (Wildman–Crippen LogP) is 10.0. The molecule has 0 amide bonds. The highest BCUT2D eigenvalue weighted by atomic mass is 16.7. The molecule has 0 aromatic heterocycles. The molecule has 542 valence electrons. The Kier molecular flexibility index (Phi) is 25.3. The van der Waals surface area contributed by atoms with Crippen molar-refractivity contribution in [3.63, 3.8) is 0 Å². The molecular weight excluding hydrogens is 1270 g/mol. The van der Waals surface area contributed by atoms with Crippen LogP contribution in [-0.2, 0) is 71.2 Å². The van der Waals surface area contributed by atoms with Crippen molar-refractivity contribution in [2.75, 3.05) is 160 Å². The molecule has 0 radical (unpaired) electrons. The highest BCUT2D eigenvalue weighted by Crippen LogP contribution is 2.67. The number of rotatable bonds is 42. The SMILES string of the molecule is COCOCCN(CCOCOC)CCOCOCC12CC3CC(C1)CC(C(=O)OCCN(CCOC(=O)C14CC5CC(CC(C5)C1)C4)CCOC(=O)C14CC5CC(C1)C(c1cccc(C(=O)OCCN(CCOC(=O)c6ccccc6)CCOC(=O)c6ccccc6)c1)[C@H](C5)C4)(C3)C2. The standard InChI is InChI=1S/C78H107N3O18/c1-88-53-90-25-16-79(17-26-91-54-89-2)18-27-92-55-93-52-75-41-60-37-61(42-75)48-78(47-60,51-75)74(87)99-33-24-81(22-31-97-72(85)76-43-56-34-57(44-76)36-58(35-56)45-76)23-32-98-73(86)77-46-59-38-66(49-77)68(67(39-59)50-77)64-14-9-15-65(40-64)71(84)96-30-21-80(19-28-94-69(82)62-10-5-3-6-11-62)20-29-95-70(83)63-12-7-4-8-13-63/h3-15,40,56-61,66-68H,16-39,41-55H2,1-2H3/t56?,57?,58?,59?,60?,61?,66-,67?,68?,75?,76?,77?,78?/m1/s1. The first-order chi connectivity index (χ1) is 48.2. The molecule has 6 unspecified atom stereocenters. The van der Waals surface area contributed by atoms with Gasteiger partial charge >= 0.3 is 35.8 Å². The summed E-state index contributed by atoms with van der Waals surface area (Å²) in [6.07, 6.45) is 16.5. The van der Waals surface area contributed by atoms with Crippen molar-refractivity contribution < 1.29 is 85.6 Å². The van der Waals surface area contributed by atoms with Gasteiger partial charge in [-0.1, -0.05) is 48.5 Å². The van der Waals surface area contributed by atoms with E-state index in [1.807, 2.05) is 29.2 Å². The zero-order valence-electron chi connectivity index (χ0n) is 58.5. The van der Waals surface area contributed by atoms with Crippen LogP contribution in [-0.4, -0.2) is 210 Å². The Morgan fingerprint density at radius 2 is 0.727 bits per heavy atom. The third-order valence-electron chi connectivity index (χ3n) is 23.8. The molecule has 3 aromatic rings. The van der Waals surface area contributed by atoms with Crippen molar-refractivity contribution in [2.24, 2.45) is 69.0 Å². The van der Waals surface area contributed by atoms with E-state index in [0.29, 0.717) is 138 Å². The Labute approximate surface area is 584 Å². The molecular formula is C78H107N3O18. The topological polar surface area (TPSA) is 223 Å². The lowest BCUT2D eigenvalue weighted by Crippen LogP contribution is -2.57. The Hall–Kier alpha value is -5.88. The summed E-state index contributed by atoms with van der Waals surface area (Å²) < 4.78 is 69.4. The van der Waals surface area contributed by atoms with Crippen molar-refractivity contribution in [3.05, 3.63) is 107 Å². The van der Waals surface area contributed by atoms with Crippen LogP contribution in [0.3, 0.4) is 0 Å². The van der Waals surface area contributed by atoms with Gasteiger partial charge in [0.2, 0.25) is 0 Å². The van der Waals surface area contributed by atoms with Gasteiger partial charge in [0.05, 0.1) is 59.4 Å². The average Bonchev–Trinajstić information content (AvgIpc) is 0.729. The van der Waals surface area contributed by atoms with Crippen molar-refractivity contribution in [2.45, 2.75) is 115 Å². The number of nitrogens with zero attached hydrogens (tertiary/aromatic N) is 3. The number of methoxy groups -OCH3 is 2. The molecule has 21 nitrogen and oxygen atoms in total. The van der Waals surface area contributed by atoms with Gasteiger partial charge < -0.3 is 56.8 Å². The minimum atomic E-state index is -0.585. The summed E-state index contributed by atoms with van der Waals surface area (Å²) in [4.78, 5) is 88.9. The Morgan fingerprint density at radius 3 is 1.18 bits per heavy atom. The molecule has 12 aliphatic carbocycles. The summed E-state index contributed by atoms with van der Waals surface area (Å²) in [5.41, 5.74) is 0.826. The molecule has 99 heavy (non-hydrogen) atoms. The number of carbonyl (C=O) groups is 6. The summed E-state index contributed by atoms with van der Waals surface area (Å²) in [5.74, 6) is 2.19. The van der Waals surface area contributed by atoms with Crippen molar-refractivity contribution in [3.8, 4) is 0 Å². The minimum absolute atomic E-state index is 0.0571. The fraction of sp³-hybridized carbons (Fsp3) is 0.692. The number of carbonyl (C=O) groups excluding carboxylic acids is 6. The molecule has 12 saturated carbocycles. The maximum Gasteiger partial charge on any atom is 0.338 e. The Morgan fingerprint density at radius 1 is 0.364 bits per heavy atom. The predicted molar refractivity (Wildman–Crippen MR) is 364 cm³/mol. The highest BCUT2D eigenvalue weighted by molar-refractivity contribution is 5.90. The van der Waals surface area contributed by atoms with Gasteiger partial charge in [-0.2, -0.15) is 0 Å². The first-order valence-electron chi connectivity index (χ1n) is 36.9. The van der Waals surface area contributed by atoms with Crippen molar-refractivity contribution >= 4 is 35.8 Å². The van der Waals surface area contributed by atoms with Gasteiger partial charge in [0.1, 0.15) is 60.0 Å². The number of hydrogen-bond donors (Lipinski definition) is 0. The number of ether oxygens (including phenoxy) is 12. The fourth-order valence-corrected chi connectivity index (χ4v) is 20.6. The minimum Gasteiger partial charge on any atom is -0.464 e. The van der Waals surface area contributed by atoms with E-state index in [-0.39, 0.29) is 107 Å². The van der Waals surface area contributed by atoms with Gasteiger partial charge in [-0.05, 0) is 210 Å². The monoisotopic (exact) mass is 1370 g/mol. The molecule has 12 aliphatic rings. The molecule has 0 spiro atoms. The lowest BCUT2D eigenvalue weighted by atomic mass is 9.44. The molecule has 3 aromatic carbocycles. The zero-order chi connectivity index (χ0) is 68.7. The van der Waals surface area contributed by atoms with E-state index in [4.69, 9.17) is 56.8 Å². The summed E-state index contributed by atoms with van der Waals surface area (Å²) in [5, 5.41) is 0. The second-order valence-corrected chi connectivity index (χ2v) is 30.9. The number of hydrogen-bond acceptors (Lipinski definition) is 21. The van der Waals surface area contributed by atoms with Gasteiger partial charge in [0.15, 0.2) is 0 Å². The largest absolute Gasteiger partial charge is 0.464 e. The van der Waals surface area contributed by atoms with Crippen LogP contribution >= 0.6 is 0 Å². The molecule has 12 bridgehead atoms. The van der Waals surface area contributed by atoms with E-state index in [9.17, 15) is 28.8 Å². The molecule has 0 heterocycles. The lowest BCUT2D eigenvalue weighted by Gasteiger charge is -2.60. The molecule has 0 N–H and O–H groups in total. The van der Waals surface area contributed by atoms with Gasteiger partial charge in [-0.3, -0.25) is 29.1 Å². The molecule has 21 heteroatoms. The molecule has 12 fully saturated rings. The third kappa shape index (κ3) is 18.7. The van der Waals surface area contributed by atoms with E-state index >= 15 is 0 Å². The van der Waals surface area contributed by atoms with Crippen LogP contribution in [0.1, 0.15) is 152 Å². The maximum atomic E-state index is 14.7. The van der Waals surface area contributed by atoms with Crippen molar-refractivity contribution in [1.29, 1.82) is 0 Å². The molecule has 7 atom stereocenters. The first kappa shape index (κ1) is 72.9. The van der Waals surface area contributed by atoms with Crippen LogP contribution < -0.4 is 0 Å². The third-order valence-corrected chi connectivity index (χ3v) is 23.8. The highest BCUT2D eigenvalue weighted by Gasteiger charge is 2.62. The van der Waals surface area contributed by atoms with Crippen LogP contribution in [0.25, 0.3) is 0 Å². The van der Waals surface area contributed by atoms with Crippen LogP contribution in [0.2, 0.25) is 0 Å². The zero-order valence-corrected chi connectivity index (χ0v) is 58.5. The van der Waals surface area contributed by atoms with Crippen LogP contribution in [0.5, 0.6) is 0 Å². The van der Waals surface area contributed by atoms with Crippen LogP contribution in [0.15, 0.2) is 84.9 Å². The fourth-order valence-electron chi connectivity index (χ4n) is 20.6. The van der Waals surface area contributed by atoms with E-state index in [1.165, 1.54) is 19.3 Å². The summed E-state index contributed by atoms with van der Waals surface area (Å²) >= 11 is 0. The quantitative estimate of drug-likeness (QED) is 0.0223. The number of benzene rings is 3. The van der Waals surface area contributed by atoms with Crippen LogP contribution in [0, 0.1) is 69.0 Å². The van der Waals surface area contributed by atoms with Gasteiger partial charge in [-0.25, -0.2) is 14.4 Å². The van der Waals surface area contributed by atoms with Crippen molar-refractivity contribution in [1.82, 2.24) is 14.7 Å². The second kappa shape index (κ2) is 34.4. The Bertz CT molecular complexity index is 3020. The smallest absolute Gasteiger partial charge is 0.338 e. The summed E-state index contributed by atoms with van der Waals surface area (Å²) in [6, 6.07) is 25.3. The van der Waals surface area contributed by atoms with E-state index in [0.717, 1.165) is 95.5 Å². The maximum absolute atomic E-state index is 14.7. The molecule has 15 rings (SSSR count). The van der Waals surface area contributed by atoms with Gasteiger partial charge in [-0.15, -0.1) is 0 Å². The molecule has 0 aliphatic heterocycles. The van der Waals surface area contributed by atoms with E-state index in [2.05, 4.69) is 15.9 Å². The number of esters is 6. The first-order valence-corrected chi connectivity index (χ1v) is 36.9. The van der Waals surface area contributed by atoms with Gasteiger partial charge in [0.25, 0.3) is 0 Å². The lowest BCUT2D eigenvalue weighted by molar-refractivity contribution is -0.192. The van der Waals surface area contributed by atoms with E-state index in [1.54, 1.807) is 68.8 Å². The normalized spacial score (nSPS) is 29.5. The summed E-state index contributed by atoms with van der Waals surface area (Å²) in [7, 11) is 3.22. The molecule has 0 saturated heterocycles.